The Morgan fingerprint density at radius 1 is 1.18 bits per heavy atom. The van der Waals surface area contributed by atoms with Gasteiger partial charge in [0.1, 0.15) is 5.82 Å². The van der Waals surface area contributed by atoms with Crippen molar-refractivity contribution in [2.75, 3.05) is 37.9 Å². The van der Waals surface area contributed by atoms with E-state index in [2.05, 4.69) is 20.6 Å². The van der Waals surface area contributed by atoms with Crippen molar-refractivity contribution in [3.05, 3.63) is 42.1 Å². The minimum Gasteiger partial charge on any atom is -0.493 e. The summed E-state index contributed by atoms with van der Waals surface area (Å²) in [4.78, 5) is 7.78. The first-order valence-corrected chi connectivity index (χ1v) is 7.90. The van der Waals surface area contributed by atoms with Crippen LogP contribution in [0.1, 0.15) is 5.56 Å². The third-order valence-corrected chi connectivity index (χ3v) is 3.46. The number of methoxy groups -OCH3 is 2. The molecule has 0 aliphatic carbocycles. The highest BCUT2D eigenvalue weighted by Gasteiger charge is 2.33. The van der Waals surface area contributed by atoms with Crippen LogP contribution in [0.2, 0.25) is 0 Å². The highest BCUT2D eigenvalue weighted by molar-refractivity contribution is 14.0. The maximum absolute atomic E-state index is 12.9. The summed E-state index contributed by atoms with van der Waals surface area (Å²) in [7, 11) is 3.04. The number of aliphatic imine (C=N–C) groups is 1. The summed E-state index contributed by atoms with van der Waals surface area (Å²) in [6.07, 6.45) is -3.19. The molecule has 2 rings (SSSR count). The molecule has 11 heteroatoms. The molecule has 0 aliphatic heterocycles. The van der Waals surface area contributed by atoms with Crippen molar-refractivity contribution in [2.24, 2.45) is 10.7 Å². The van der Waals surface area contributed by atoms with Gasteiger partial charge in [-0.05, 0) is 24.3 Å². The van der Waals surface area contributed by atoms with Crippen LogP contribution >= 0.6 is 24.0 Å². The molecule has 4 N–H and O–H groups in total. The van der Waals surface area contributed by atoms with Crippen molar-refractivity contribution in [3.63, 3.8) is 0 Å². The number of rotatable bonds is 7. The number of hydrogen-bond donors (Lipinski definition) is 3. The third-order valence-electron chi connectivity index (χ3n) is 3.46. The summed E-state index contributed by atoms with van der Waals surface area (Å²) in [5.74, 6) is 0.957. The number of nitrogens with one attached hydrogen (secondary N) is 2. The van der Waals surface area contributed by atoms with Crippen LogP contribution in [0.15, 0.2) is 41.5 Å². The molecule has 1 heterocycles. The van der Waals surface area contributed by atoms with Gasteiger partial charge in [-0.25, -0.2) is 4.98 Å². The SMILES string of the molecule is COc1ccc(NC(N)=NCCNc2ncccc2C(F)(F)F)cc1OC.I. The van der Waals surface area contributed by atoms with Crippen LogP contribution in [0.4, 0.5) is 24.7 Å². The molecule has 7 nitrogen and oxygen atoms in total. The molecule has 1 aromatic carbocycles. The van der Waals surface area contributed by atoms with Crippen LogP contribution in [-0.4, -0.2) is 38.3 Å². The lowest BCUT2D eigenvalue weighted by atomic mass is 10.2. The summed E-state index contributed by atoms with van der Waals surface area (Å²) in [5, 5.41) is 5.49. The molecule has 0 saturated carbocycles. The first kappa shape index (κ1) is 23.6. The van der Waals surface area contributed by atoms with Gasteiger partial charge in [0.2, 0.25) is 0 Å². The van der Waals surface area contributed by atoms with Gasteiger partial charge in [-0.3, -0.25) is 4.99 Å². The second-order valence-electron chi connectivity index (χ2n) is 5.29. The topological polar surface area (TPSA) is 93.8 Å². The van der Waals surface area contributed by atoms with Crippen molar-refractivity contribution < 1.29 is 22.6 Å². The second kappa shape index (κ2) is 10.8. The zero-order chi connectivity index (χ0) is 19.9. The van der Waals surface area contributed by atoms with E-state index >= 15 is 0 Å². The van der Waals surface area contributed by atoms with Crippen molar-refractivity contribution in [1.82, 2.24) is 4.98 Å². The van der Waals surface area contributed by atoms with E-state index < -0.39 is 11.7 Å². The second-order valence-corrected chi connectivity index (χ2v) is 5.29. The Labute approximate surface area is 177 Å². The molecule has 0 aliphatic rings. The summed E-state index contributed by atoms with van der Waals surface area (Å²) >= 11 is 0. The van der Waals surface area contributed by atoms with Gasteiger partial charge in [0, 0.05) is 24.5 Å². The summed E-state index contributed by atoms with van der Waals surface area (Å²) in [6, 6.07) is 7.31. The molecule has 0 unspecified atom stereocenters. The predicted molar refractivity (Wildman–Crippen MR) is 113 cm³/mol. The molecule has 0 saturated heterocycles. The predicted octanol–water partition coefficient (Wildman–Crippen LogP) is 3.57. The number of aromatic nitrogens is 1. The quantitative estimate of drug-likeness (QED) is 0.228. The average Bonchev–Trinajstić information content (AvgIpc) is 2.64. The molecule has 154 valence electrons. The fourth-order valence-corrected chi connectivity index (χ4v) is 2.23. The molecule has 2 aromatic rings. The number of guanidine groups is 1. The molecule has 0 spiro atoms. The van der Waals surface area contributed by atoms with Crippen molar-refractivity contribution >= 4 is 41.4 Å². The number of ether oxygens (including phenoxy) is 2. The average molecular weight is 511 g/mol. The normalized spacial score (nSPS) is 11.4. The summed E-state index contributed by atoms with van der Waals surface area (Å²) < 4.78 is 49.0. The van der Waals surface area contributed by atoms with Crippen molar-refractivity contribution in [3.8, 4) is 11.5 Å². The van der Waals surface area contributed by atoms with Gasteiger partial charge in [0.15, 0.2) is 17.5 Å². The number of nitrogens with two attached hydrogens (primary N) is 1. The third kappa shape index (κ3) is 6.62. The Morgan fingerprint density at radius 3 is 2.54 bits per heavy atom. The van der Waals surface area contributed by atoms with Gasteiger partial charge < -0.3 is 25.8 Å². The highest BCUT2D eigenvalue weighted by Crippen LogP contribution is 2.33. The smallest absolute Gasteiger partial charge is 0.419 e. The van der Waals surface area contributed by atoms with E-state index in [1.807, 2.05) is 0 Å². The van der Waals surface area contributed by atoms with E-state index in [0.717, 1.165) is 6.07 Å². The summed E-state index contributed by atoms with van der Waals surface area (Å²) in [6.45, 7) is 0.286. The van der Waals surface area contributed by atoms with Gasteiger partial charge in [-0.15, -0.1) is 24.0 Å². The lowest BCUT2D eigenvalue weighted by molar-refractivity contribution is -0.137. The first-order valence-electron chi connectivity index (χ1n) is 7.90. The number of nitrogens with zero attached hydrogens (tertiary/aromatic N) is 2. The molecule has 1 aromatic heterocycles. The lowest BCUT2D eigenvalue weighted by Crippen LogP contribution is -2.24. The molecular weight excluding hydrogens is 490 g/mol. The number of anilines is 2. The van der Waals surface area contributed by atoms with E-state index in [9.17, 15) is 13.2 Å². The minimum absolute atomic E-state index is 0. The van der Waals surface area contributed by atoms with Crippen LogP contribution in [0, 0.1) is 0 Å². The lowest BCUT2D eigenvalue weighted by Gasteiger charge is -2.13. The summed E-state index contributed by atoms with van der Waals surface area (Å²) in [5.41, 5.74) is 5.59. The molecule has 0 atom stereocenters. The van der Waals surface area contributed by atoms with Gasteiger partial charge in [-0.2, -0.15) is 13.2 Å². The van der Waals surface area contributed by atoms with Crippen LogP contribution in [0.5, 0.6) is 11.5 Å². The minimum atomic E-state index is -4.48. The zero-order valence-electron chi connectivity index (χ0n) is 15.2. The van der Waals surface area contributed by atoms with E-state index in [1.165, 1.54) is 26.5 Å². The van der Waals surface area contributed by atoms with Gasteiger partial charge in [0.05, 0.1) is 26.3 Å². The highest BCUT2D eigenvalue weighted by atomic mass is 127. The number of hydrogen-bond acceptors (Lipinski definition) is 5. The molecular formula is C17H21F3IN5O2. The van der Waals surface area contributed by atoms with Crippen molar-refractivity contribution in [1.29, 1.82) is 0 Å². The molecule has 0 amide bonds. The van der Waals surface area contributed by atoms with E-state index in [4.69, 9.17) is 15.2 Å². The van der Waals surface area contributed by atoms with E-state index in [-0.39, 0.29) is 48.8 Å². The zero-order valence-corrected chi connectivity index (χ0v) is 17.5. The van der Waals surface area contributed by atoms with Crippen molar-refractivity contribution in [2.45, 2.75) is 6.18 Å². The van der Waals surface area contributed by atoms with E-state index in [0.29, 0.717) is 17.2 Å². The first-order chi connectivity index (χ1) is 12.8. The molecule has 0 radical (unpaired) electrons. The standard InChI is InChI=1S/C17H20F3N5O2.HI/c1-26-13-6-5-11(10-14(13)27-2)25-16(21)24-9-8-23-15-12(17(18,19)20)4-3-7-22-15;/h3-7,10H,8-9H2,1-2H3,(H,22,23)(H3,21,24,25);1H. The van der Waals surface area contributed by atoms with Crippen LogP contribution in [0.3, 0.4) is 0 Å². The number of benzene rings is 1. The fourth-order valence-electron chi connectivity index (χ4n) is 2.23. The van der Waals surface area contributed by atoms with Gasteiger partial charge in [-0.1, -0.05) is 0 Å². The molecule has 0 bridgehead atoms. The number of halogens is 4. The van der Waals surface area contributed by atoms with Crippen LogP contribution in [-0.2, 0) is 6.18 Å². The number of pyridine rings is 1. The Kier molecular flexibility index (Phi) is 9.09. The van der Waals surface area contributed by atoms with E-state index in [1.54, 1.807) is 18.2 Å². The Balaban J connectivity index is 0.00000392. The monoisotopic (exact) mass is 511 g/mol. The fraction of sp³-hybridized carbons (Fsp3) is 0.294. The largest absolute Gasteiger partial charge is 0.493 e. The maximum Gasteiger partial charge on any atom is 0.419 e. The number of alkyl halides is 3. The maximum atomic E-state index is 12.9. The molecule has 0 fully saturated rings. The van der Waals surface area contributed by atoms with Gasteiger partial charge in [0.25, 0.3) is 0 Å². The Bertz CT molecular complexity index is 803. The van der Waals surface area contributed by atoms with Gasteiger partial charge >= 0.3 is 6.18 Å². The van der Waals surface area contributed by atoms with Crippen LogP contribution in [0.25, 0.3) is 0 Å². The van der Waals surface area contributed by atoms with Crippen LogP contribution < -0.4 is 25.8 Å². The Morgan fingerprint density at radius 2 is 1.89 bits per heavy atom. The Hall–Kier alpha value is -2.44. The molecule has 28 heavy (non-hydrogen) atoms.